The van der Waals surface area contributed by atoms with Gasteiger partial charge in [-0.05, 0) is 78.8 Å². The van der Waals surface area contributed by atoms with Crippen LogP contribution >= 0.6 is 0 Å². The lowest BCUT2D eigenvalue weighted by molar-refractivity contribution is -0.137. The van der Waals surface area contributed by atoms with Gasteiger partial charge in [-0.25, -0.2) is 4.39 Å². The van der Waals surface area contributed by atoms with Gasteiger partial charge in [0.1, 0.15) is 17.6 Å². The van der Waals surface area contributed by atoms with Crippen molar-refractivity contribution in [2.24, 2.45) is 0 Å². The van der Waals surface area contributed by atoms with Gasteiger partial charge in [-0.15, -0.1) is 0 Å². The Bertz CT molecular complexity index is 1300. The number of nitrogens with one attached hydrogen (secondary N) is 2. The number of amides is 3. The molecule has 1 aliphatic rings. The number of rotatable bonds is 7. The van der Waals surface area contributed by atoms with Crippen molar-refractivity contribution in [2.45, 2.75) is 38.6 Å². The molecule has 0 saturated carbocycles. The number of methoxy groups -OCH3 is 1. The summed E-state index contributed by atoms with van der Waals surface area (Å²) in [6.45, 7) is 4.40. The van der Waals surface area contributed by atoms with E-state index < -0.39 is 11.9 Å². The molecule has 3 aromatic rings. The van der Waals surface area contributed by atoms with Crippen molar-refractivity contribution >= 4 is 23.4 Å². The molecule has 8 heteroatoms. The molecule has 1 saturated heterocycles. The molecule has 2 N–H and O–H groups in total. The molecule has 3 amide bonds. The van der Waals surface area contributed by atoms with Crippen LogP contribution in [0, 0.1) is 12.7 Å². The molecule has 1 aliphatic heterocycles. The van der Waals surface area contributed by atoms with Crippen LogP contribution in [-0.4, -0.2) is 42.8 Å². The molecule has 0 spiro atoms. The van der Waals surface area contributed by atoms with Gasteiger partial charge < -0.3 is 20.3 Å². The maximum absolute atomic E-state index is 13.4. The van der Waals surface area contributed by atoms with Crippen LogP contribution in [0.15, 0.2) is 66.7 Å². The average Bonchev–Trinajstić information content (AvgIpc) is 2.92. The summed E-state index contributed by atoms with van der Waals surface area (Å²) in [4.78, 5) is 39.5. The van der Waals surface area contributed by atoms with Crippen molar-refractivity contribution < 1.29 is 23.5 Å². The maximum atomic E-state index is 13.4. The first-order valence-electron chi connectivity index (χ1n) is 12.6. The maximum Gasteiger partial charge on any atom is 0.259 e. The number of carbonyl (C=O) groups excluding carboxylic acids is 3. The van der Waals surface area contributed by atoms with Gasteiger partial charge in [0.25, 0.3) is 5.91 Å². The highest BCUT2D eigenvalue weighted by Crippen LogP contribution is 2.31. The number of hydrogen-bond donors (Lipinski definition) is 2. The lowest BCUT2D eigenvalue weighted by Crippen LogP contribution is -2.45. The van der Waals surface area contributed by atoms with Crippen molar-refractivity contribution in [1.29, 1.82) is 0 Å². The minimum absolute atomic E-state index is 0.199. The predicted molar refractivity (Wildman–Crippen MR) is 144 cm³/mol. The second kappa shape index (κ2) is 11.9. The van der Waals surface area contributed by atoms with Gasteiger partial charge in [0.05, 0.1) is 12.7 Å². The fourth-order valence-electron chi connectivity index (χ4n) is 4.78. The van der Waals surface area contributed by atoms with Gasteiger partial charge in [0.15, 0.2) is 0 Å². The lowest BCUT2D eigenvalue weighted by Gasteiger charge is -2.34. The van der Waals surface area contributed by atoms with E-state index in [1.54, 1.807) is 18.1 Å². The summed E-state index contributed by atoms with van der Waals surface area (Å²) in [6.07, 6.45) is 1.54. The second-order valence-corrected chi connectivity index (χ2v) is 9.56. The Balaban J connectivity index is 1.37. The summed E-state index contributed by atoms with van der Waals surface area (Å²) in [7, 11) is 1.54. The third-order valence-corrected chi connectivity index (χ3v) is 6.85. The zero-order valence-corrected chi connectivity index (χ0v) is 21.8. The lowest BCUT2D eigenvalue weighted by atomic mass is 9.89. The number of likely N-dealkylation sites (tertiary alicyclic amines) is 1. The highest BCUT2D eigenvalue weighted by atomic mass is 19.1. The monoisotopic (exact) mass is 517 g/mol. The van der Waals surface area contributed by atoms with E-state index in [0.717, 1.165) is 24.0 Å². The molecule has 4 rings (SSSR count). The topological polar surface area (TPSA) is 87.7 Å². The van der Waals surface area contributed by atoms with E-state index >= 15 is 0 Å². The van der Waals surface area contributed by atoms with Gasteiger partial charge in [0, 0.05) is 25.7 Å². The summed E-state index contributed by atoms with van der Waals surface area (Å²) in [5.41, 5.74) is 3.86. The number of hydrogen-bond acceptors (Lipinski definition) is 4. The first-order valence-corrected chi connectivity index (χ1v) is 12.6. The molecule has 1 heterocycles. The summed E-state index contributed by atoms with van der Waals surface area (Å²) in [5, 5.41) is 5.63. The Morgan fingerprint density at radius 3 is 2.24 bits per heavy atom. The molecule has 1 atom stereocenters. The Labute approximate surface area is 222 Å². The molecule has 0 radical (unpaired) electrons. The highest BCUT2D eigenvalue weighted by molar-refractivity contribution is 6.06. The Morgan fingerprint density at radius 2 is 1.63 bits per heavy atom. The van der Waals surface area contributed by atoms with Crippen molar-refractivity contribution in [3.8, 4) is 5.75 Å². The first kappa shape index (κ1) is 26.9. The molecule has 38 heavy (non-hydrogen) atoms. The summed E-state index contributed by atoms with van der Waals surface area (Å²) in [5.74, 6) is -0.364. The van der Waals surface area contributed by atoms with Gasteiger partial charge in [0.2, 0.25) is 11.8 Å². The molecule has 0 unspecified atom stereocenters. The van der Waals surface area contributed by atoms with Crippen LogP contribution in [-0.2, 0) is 9.59 Å². The molecular formula is C30H32FN3O4. The van der Waals surface area contributed by atoms with Crippen LogP contribution in [0.2, 0.25) is 0 Å². The summed E-state index contributed by atoms with van der Waals surface area (Å²) >= 11 is 0. The second-order valence-electron chi connectivity index (χ2n) is 9.56. The Hall–Kier alpha value is -4.20. The van der Waals surface area contributed by atoms with Crippen LogP contribution in [0.25, 0.3) is 0 Å². The number of piperidine rings is 1. The van der Waals surface area contributed by atoms with Gasteiger partial charge >= 0.3 is 0 Å². The van der Waals surface area contributed by atoms with E-state index in [0.29, 0.717) is 35.7 Å². The van der Waals surface area contributed by atoms with Crippen LogP contribution in [0.4, 0.5) is 10.1 Å². The van der Waals surface area contributed by atoms with E-state index in [2.05, 4.69) is 10.6 Å². The van der Waals surface area contributed by atoms with Crippen LogP contribution in [0.3, 0.4) is 0 Å². The van der Waals surface area contributed by atoms with Gasteiger partial charge in [-0.2, -0.15) is 0 Å². The number of anilines is 1. The molecule has 1 fully saturated rings. The SMILES string of the molecule is COc1cc(C)ccc1C(=O)Nc1ccc(C2CCN(C(=O)[C@@H](NC(C)=O)c3ccc(F)cc3)CC2)cc1. The highest BCUT2D eigenvalue weighted by Gasteiger charge is 2.30. The number of benzene rings is 3. The fourth-order valence-corrected chi connectivity index (χ4v) is 4.78. The van der Waals surface area contributed by atoms with Crippen molar-refractivity contribution in [2.75, 3.05) is 25.5 Å². The van der Waals surface area contributed by atoms with E-state index in [1.165, 1.54) is 31.2 Å². The minimum Gasteiger partial charge on any atom is -0.496 e. The summed E-state index contributed by atoms with van der Waals surface area (Å²) < 4.78 is 18.7. The quantitative estimate of drug-likeness (QED) is 0.463. The number of ether oxygens (including phenoxy) is 1. The standard InChI is InChI=1S/C30H32FN3O4/c1-19-4-13-26(27(18-19)38-3)29(36)33-25-11-7-21(8-12-25)22-14-16-34(17-15-22)30(37)28(32-20(2)35)23-5-9-24(31)10-6-23/h4-13,18,22,28H,14-17H2,1-3H3,(H,32,35)(H,33,36)/t28-/m0/s1. The van der Waals surface area contributed by atoms with Crippen molar-refractivity contribution in [3.63, 3.8) is 0 Å². The van der Waals surface area contributed by atoms with Crippen LogP contribution in [0.1, 0.15) is 58.8 Å². The Morgan fingerprint density at radius 1 is 0.974 bits per heavy atom. The van der Waals surface area contributed by atoms with Gasteiger partial charge in [-0.1, -0.05) is 30.3 Å². The largest absolute Gasteiger partial charge is 0.496 e. The summed E-state index contributed by atoms with van der Waals surface area (Å²) in [6, 6.07) is 18.0. The zero-order valence-electron chi connectivity index (χ0n) is 21.8. The molecule has 0 bridgehead atoms. The number of halogens is 1. The van der Waals surface area contributed by atoms with E-state index in [4.69, 9.17) is 4.74 Å². The fraction of sp³-hybridized carbons (Fsp3) is 0.300. The minimum atomic E-state index is -0.848. The molecular weight excluding hydrogens is 485 g/mol. The number of nitrogens with zero attached hydrogens (tertiary/aromatic N) is 1. The predicted octanol–water partition coefficient (Wildman–Crippen LogP) is 4.98. The normalized spacial score (nSPS) is 14.5. The Kier molecular flexibility index (Phi) is 8.41. The molecule has 0 aromatic heterocycles. The van der Waals surface area contributed by atoms with Crippen LogP contribution in [0.5, 0.6) is 5.75 Å². The van der Waals surface area contributed by atoms with E-state index in [-0.39, 0.29) is 23.6 Å². The van der Waals surface area contributed by atoms with Crippen molar-refractivity contribution in [3.05, 3.63) is 94.8 Å². The molecule has 3 aromatic carbocycles. The molecule has 0 aliphatic carbocycles. The third kappa shape index (κ3) is 6.37. The number of carbonyl (C=O) groups is 3. The zero-order chi connectivity index (χ0) is 27.2. The smallest absolute Gasteiger partial charge is 0.259 e. The van der Waals surface area contributed by atoms with Gasteiger partial charge in [-0.3, -0.25) is 14.4 Å². The van der Waals surface area contributed by atoms with Crippen molar-refractivity contribution in [1.82, 2.24) is 10.2 Å². The molecule has 7 nitrogen and oxygen atoms in total. The van der Waals surface area contributed by atoms with Crippen LogP contribution < -0.4 is 15.4 Å². The first-order chi connectivity index (χ1) is 18.2. The third-order valence-electron chi connectivity index (χ3n) is 6.85. The number of aryl methyl sites for hydroxylation is 1. The van der Waals surface area contributed by atoms with E-state index in [1.807, 2.05) is 43.3 Å². The van der Waals surface area contributed by atoms with E-state index in [9.17, 15) is 18.8 Å². The average molecular weight is 518 g/mol. The molecule has 198 valence electrons.